The Balaban J connectivity index is 2.28. The highest BCUT2D eigenvalue weighted by molar-refractivity contribution is 9.10. The highest BCUT2D eigenvalue weighted by Crippen LogP contribution is 2.39. The maximum Gasteiger partial charge on any atom is 0.266 e. The molecule has 0 bridgehead atoms. The van der Waals surface area contributed by atoms with Gasteiger partial charge in [-0.2, -0.15) is 5.26 Å². The van der Waals surface area contributed by atoms with Gasteiger partial charge in [0.2, 0.25) is 0 Å². The van der Waals surface area contributed by atoms with E-state index in [1.807, 2.05) is 0 Å². The van der Waals surface area contributed by atoms with Crippen molar-refractivity contribution in [3.63, 3.8) is 0 Å². The molecule has 0 saturated carbocycles. The maximum atomic E-state index is 14.1. The molecule has 0 aliphatic carbocycles. The van der Waals surface area contributed by atoms with Gasteiger partial charge in [0.1, 0.15) is 11.6 Å². The Kier molecular flexibility index (Phi) is 3.47. The molecule has 1 heterocycles. The molecule has 0 radical (unpaired) electrons. The van der Waals surface area contributed by atoms with E-state index < -0.39 is 23.2 Å². The molecule has 1 aliphatic heterocycles. The standard InChI is InChI=1S/C15H5BrClFN2O2/c16-10-5-11(17)12(18)9(6-19)13(10)20-14(21)7-3-1-2-4-8(7)15(20)22/h1-5H. The summed E-state index contributed by atoms with van der Waals surface area (Å²) >= 11 is 8.83. The summed E-state index contributed by atoms with van der Waals surface area (Å²) in [5, 5.41) is 8.90. The van der Waals surface area contributed by atoms with Crippen molar-refractivity contribution in [3.05, 3.63) is 62.3 Å². The number of benzene rings is 2. The highest BCUT2D eigenvalue weighted by atomic mass is 79.9. The van der Waals surface area contributed by atoms with Gasteiger partial charge in [0.25, 0.3) is 11.8 Å². The van der Waals surface area contributed by atoms with Crippen molar-refractivity contribution < 1.29 is 14.0 Å². The fourth-order valence-corrected chi connectivity index (χ4v) is 3.24. The van der Waals surface area contributed by atoms with Crippen LogP contribution in [0.4, 0.5) is 10.1 Å². The molecule has 4 nitrogen and oxygen atoms in total. The molecular formula is C15H5BrClFN2O2. The van der Waals surface area contributed by atoms with E-state index in [0.29, 0.717) is 0 Å². The first-order valence-electron chi connectivity index (χ1n) is 6.02. The van der Waals surface area contributed by atoms with Crippen molar-refractivity contribution in [1.29, 1.82) is 5.26 Å². The van der Waals surface area contributed by atoms with E-state index >= 15 is 0 Å². The average Bonchev–Trinajstić information content (AvgIpc) is 2.75. The lowest BCUT2D eigenvalue weighted by Crippen LogP contribution is -2.30. The van der Waals surface area contributed by atoms with Crippen LogP contribution >= 0.6 is 27.5 Å². The van der Waals surface area contributed by atoms with E-state index in [9.17, 15) is 19.2 Å². The minimum absolute atomic E-state index is 0.143. The van der Waals surface area contributed by atoms with Crippen LogP contribution in [0.15, 0.2) is 34.8 Å². The molecule has 0 atom stereocenters. The first-order chi connectivity index (χ1) is 10.5. The largest absolute Gasteiger partial charge is 0.268 e. The molecule has 1 aliphatic rings. The quantitative estimate of drug-likeness (QED) is 0.557. The highest BCUT2D eigenvalue weighted by Gasteiger charge is 2.39. The van der Waals surface area contributed by atoms with Gasteiger partial charge in [-0.1, -0.05) is 23.7 Å². The first-order valence-corrected chi connectivity index (χ1v) is 7.20. The van der Waals surface area contributed by atoms with Gasteiger partial charge in [0, 0.05) is 4.47 Å². The van der Waals surface area contributed by atoms with Crippen molar-refractivity contribution >= 4 is 45.0 Å². The van der Waals surface area contributed by atoms with Crippen LogP contribution in [0.5, 0.6) is 0 Å². The van der Waals surface area contributed by atoms with Crippen molar-refractivity contribution in [2.75, 3.05) is 4.90 Å². The lowest BCUT2D eigenvalue weighted by Gasteiger charge is -2.18. The molecule has 22 heavy (non-hydrogen) atoms. The summed E-state index contributed by atoms with van der Waals surface area (Å²) in [6.45, 7) is 0. The van der Waals surface area contributed by atoms with Gasteiger partial charge in [0.15, 0.2) is 5.82 Å². The lowest BCUT2D eigenvalue weighted by molar-refractivity contribution is 0.0926. The number of hydrogen-bond donors (Lipinski definition) is 0. The maximum absolute atomic E-state index is 14.1. The van der Waals surface area contributed by atoms with E-state index in [2.05, 4.69) is 15.9 Å². The van der Waals surface area contributed by atoms with Gasteiger partial charge in [-0.15, -0.1) is 0 Å². The fourth-order valence-electron chi connectivity index (χ4n) is 2.30. The van der Waals surface area contributed by atoms with Crippen molar-refractivity contribution in [1.82, 2.24) is 0 Å². The summed E-state index contributed by atoms with van der Waals surface area (Å²) in [5.74, 6) is -2.20. The molecule has 0 aromatic heterocycles. The number of rotatable bonds is 1. The van der Waals surface area contributed by atoms with Crippen LogP contribution in [0.3, 0.4) is 0 Å². The van der Waals surface area contributed by atoms with Crippen LogP contribution in [0, 0.1) is 17.1 Å². The third-order valence-corrected chi connectivity index (χ3v) is 4.15. The third kappa shape index (κ3) is 1.94. The molecule has 0 spiro atoms. The number of hydrogen-bond acceptors (Lipinski definition) is 3. The Morgan fingerprint density at radius 2 is 1.73 bits per heavy atom. The predicted molar refractivity (Wildman–Crippen MR) is 81.4 cm³/mol. The molecule has 0 N–H and O–H groups in total. The number of imide groups is 1. The van der Waals surface area contributed by atoms with E-state index in [4.69, 9.17) is 11.6 Å². The molecule has 0 unspecified atom stereocenters. The Morgan fingerprint density at radius 1 is 1.18 bits per heavy atom. The van der Waals surface area contributed by atoms with Crippen LogP contribution in [-0.4, -0.2) is 11.8 Å². The second-order valence-electron chi connectivity index (χ2n) is 4.48. The molecule has 0 saturated heterocycles. The number of nitriles is 1. The van der Waals surface area contributed by atoms with Gasteiger partial charge in [0.05, 0.1) is 21.8 Å². The zero-order valence-electron chi connectivity index (χ0n) is 10.7. The number of carbonyl (C=O) groups is 2. The van der Waals surface area contributed by atoms with E-state index in [-0.39, 0.29) is 26.3 Å². The molecule has 3 rings (SSSR count). The number of fused-ring (bicyclic) bond motifs is 1. The molecule has 7 heteroatoms. The molecule has 2 amide bonds. The minimum atomic E-state index is -0.973. The predicted octanol–water partition coefficient (Wildman–Crippen LogP) is 3.91. The van der Waals surface area contributed by atoms with Crippen molar-refractivity contribution in [2.24, 2.45) is 0 Å². The van der Waals surface area contributed by atoms with Crippen LogP contribution in [0.2, 0.25) is 5.02 Å². The summed E-state index contributed by atoms with van der Waals surface area (Å²) in [6, 6.07) is 9.11. The normalized spacial score (nSPS) is 13.3. The Morgan fingerprint density at radius 3 is 2.23 bits per heavy atom. The zero-order valence-corrected chi connectivity index (χ0v) is 13.1. The van der Waals surface area contributed by atoms with Crippen molar-refractivity contribution in [3.8, 4) is 6.07 Å². The van der Waals surface area contributed by atoms with Gasteiger partial charge in [-0.25, -0.2) is 9.29 Å². The topological polar surface area (TPSA) is 61.2 Å². The summed E-state index contributed by atoms with van der Waals surface area (Å²) in [7, 11) is 0. The summed E-state index contributed by atoms with van der Waals surface area (Å²) in [4.78, 5) is 25.7. The molecule has 2 aromatic carbocycles. The summed E-state index contributed by atoms with van der Waals surface area (Å²) in [6.07, 6.45) is 0. The Bertz CT molecular complexity index is 857. The fraction of sp³-hybridized carbons (Fsp3) is 0. The second-order valence-corrected chi connectivity index (χ2v) is 5.74. The monoisotopic (exact) mass is 378 g/mol. The summed E-state index contributed by atoms with van der Waals surface area (Å²) < 4.78 is 14.2. The van der Waals surface area contributed by atoms with Crippen LogP contribution in [0.25, 0.3) is 0 Å². The second kappa shape index (κ2) is 5.20. The van der Waals surface area contributed by atoms with Gasteiger partial charge in [-0.05, 0) is 34.1 Å². The number of halogens is 3. The Hall–Kier alpha value is -2.23. The number of carbonyl (C=O) groups excluding carboxylic acids is 2. The SMILES string of the molecule is N#Cc1c(F)c(Cl)cc(Br)c1N1C(=O)c2ccccc2C1=O. The van der Waals surface area contributed by atoms with E-state index in [1.54, 1.807) is 18.2 Å². The average molecular weight is 380 g/mol. The van der Waals surface area contributed by atoms with E-state index in [1.165, 1.54) is 18.2 Å². The number of nitrogens with zero attached hydrogens (tertiary/aromatic N) is 2. The zero-order chi connectivity index (χ0) is 16.0. The van der Waals surface area contributed by atoms with E-state index in [0.717, 1.165) is 4.90 Å². The molecule has 0 fully saturated rings. The Labute approximate surface area is 137 Å². The first kappa shape index (κ1) is 14.7. The van der Waals surface area contributed by atoms with Crippen LogP contribution in [0.1, 0.15) is 26.3 Å². The van der Waals surface area contributed by atoms with Crippen molar-refractivity contribution in [2.45, 2.75) is 0 Å². The van der Waals surface area contributed by atoms with Crippen LogP contribution < -0.4 is 4.90 Å². The summed E-state index contributed by atoms with van der Waals surface area (Å²) in [5.41, 5.74) is -0.193. The molecular weight excluding hydrogens is 375 g/mol. The minimum Gasteiger partial charge on any atom is -0.268 e. The smallest absolute Gasteiger partial charge is 0.266 e. The third-order valence-electron chi connectivity index (χ3n) is 3.28. The number of amides is 2. The molecule has 2 aromatic rings. The lowest BCUT2D eigenvalue weighted by atomic mass is 10.1. The van der Waals surface area contributed by atoms with Crippen LogP contribution in [-0.2, 0) is 0 Å². The van der Waals surface area contributed by atoms with Gasteiger partial charge in [-0.3, -0.25) is 9.59 Å². The molecule has 108 valence electrons. The van der Waals surface area contributed by atoms with Gasteiger partial charge < -0.3 is 0 Å². The number of anilines is 1. The van der Waals surface area contributed by atoms with Gasteiger partial charge >= 0.3 is 0 Å².